The van der Waals surface area contributed by atoms with E-state index < -0.39 is 0 Å². The Bertz CT molecular complexity index is 762. The largest absolute Gasteiger partial charge is 0.376 e. The van der Waals surface area contributed by atoms with Gasteiger partial charge in [-0.2, -0.15) is 0 Å². The van der Waals surface area contributed by atoms with Gasteiger partial charge in [-0.05, 0) is 82.0 Å². The molecule has 7 rings (SSSR count). The maximum absolute atomic E-state index is 13.5. The highest BCUT2D eigenvalue weighted by Gasteiger charge is 2.54. The van der Waals surface area contributed by atoms with Gasteiger partial charge in [-0.1, -0.05) is 11.8 Å². The molecule has 6 fully saturated rings. The predicted octanol–water partition coefficient (Wildman–Crippen LogP) is 3.93. The molecule has 0 amide bonds. The second-order valence-electron chi connectivity index (χ2n) is 10.6. The van der Waals surface area contributed by atoms with Crippen molar-refractivity contribution in [3.63, 3.8) is 0 Å². The Labute approximate surface area is 183 Å². The first kappa shape index (κ1) is 19.6. The number of carbonyl (C=O) groups excluding carboxylic acids is 1. The van der Waals surface area contributed by atoms with Crippen LogP contribution in [0.3, 0.4) is 0 Å². The van der Waals surface area contributed by atoms with Gasteiger partial charge in [0.25, 0.3) is 0 Å². The van der Waals surface area contributed by atoms with Gasteiger partial charge < -0.3 is 9.64 Å². The number of aromatic nitrogens is 3. The van der Waals surface area contributed by atoms with Gasteiger partial charge in [0.05, 0.1) is 18.4 Å². The van der Waals surface area contributed by atoms with Crippen molar-refractivity contribution in [3.05, 3.63) is 0 Å². The van der Waals surface area contributed by atoms with Gasteiger partial charge in [-0.15, -0.1) is 10.2 Å². The summed E-state index contributed by atoms with van der Waals surface area (Å²) in [4.78, 5) is 15.8. The average molecular weight is 431 g/mol. The molecule has 0 spiro atoms. The fraction of sp³-hybridized carbons (Fsp3) is 0.870. The zero-order valence-electron chi connectivity index (χ0n) is 17.9. The molecule has 30 heavy (non-hydrogen) atoms. The highest BCUT2D eigenvalue weighted by molar-refractivity contribution is 7.99. The minimum atomic E-state index is -0.0149. The molecule has 1 aromatic heterocycles. The van der Waals surface area contributed by atoms with E-state index in [1.54, 1.807) is 11.8 Å². The third-order valence-electron chi connectivity index (χ3n) is 8.46. The molecule has 2 aliphatic heterocycles. The second-order valence-corrected chi connectivity index (χ2v) is 11.6. The molecule has 4 aliphatic carbocycles. The fourth-order valence-corrected chi connectivity index (χ4v) is 8.40. The minimum absolute atomic E-state index is 0.0149. The Morgan fingerprint density at radius 1 is 1.03 bits per heavy atom. The summed E-state index contributed by atoms with van der Waals surface area (Å²) in [6.45, 7) is 3.78. The Kier molecular flexibility index (Phi) is 5.10. The molecular weight excluding hydrogens is 396 g/mol. The number of Topliss-reactive ketones (excluding diaryl/α,β-unsaturated/α-hetero) is 1. The van der Waals surface area contributed by atoms with Crippen molar-refractivity contribution in [2.24, 2.45) is 23.2 Å². The van der Waals surface area contributed by atoms with E-state index in [4.69, 9.17) is 4.74 Å². The van der Waals surface area contributed by atoms with E-state index in [9.17, 15) is 4.79 Å². The third kappa shape index (κ3) is 3.50. The quantitative estimate of drug-likeness (QED) is 0.611. The van der Waals surface area contributed by atoms with E-state index in [-0.39, 0.29) is 11.5 Å². The molecule has 4 saturated carbocycles. The SMILES string of the molecule is O=C(CSc1nnc(N2CCCC2)n1CC1CCCO1)C12CC3CC(CC(C3)C1)C2. The van der Waals surface area contributed by atoms with E-state index in [1.807, 2.05) is 0 Å². The molecular formula is C23H34N4O2S. The number of ether oxygens (including phenoxy) is 1. The van der Waals surface area contributed by atoms with Gasteiger partial charge in [-0.25, -0.2) is 0 Å². The minimum Gasteiger partial charge on any atom is -0.376 e. The van der Waals surface area contributed by atoms with Crippen molar-refractivity contribution in [1.82, 2.24) is 14.8 Å². The highest BCUT2D eigenvalue weighted by atomic mass is 32.2. The number of anilines is 1. The smallest absolute Gasteiger partial charge is 0.228 e. The maximum Gasteiger partial charge on any atom is 0.228 e. The zero-order chi connectivity index (χ0) is 20.1. The number of carbonyl (C=O) groups is 1. The van der Waals surface area contributed by atoms with Crippen LogP contribution in [0.5, 0.6) is 0 Å². The van der Waals surface area contributed by atoms with Crippen molar-refractivity contribution in [2.45, 2.75) is 82.0 Å². The number of nitrogens with zero attached hydrogens (tertiary/aromatic N) is 4. The Balaban J connectivity index is 1.18. The Morgan fingerprint density at radius 3 is 2.37 bits per heavy atom. The normalized spacial score (nSPS) is 37.4. The van der Waals surface area contributed by atoms with Crippen LogP contribution in [0.15, 0.2) is 5.16 Å². The van der Waals surface area contributed by atoms with Crippen molar-refractivity contribution < 1.29 is 9.53 Å². The van der Waals surface area contributed by atoms with Crippen LogP contribution in [0.4, 0.5) is 5.95 Å². The summed E-state index contributed by atoms with van der Waals surface area (Å²) in [6, 6.07) is 0. The van der Waals surface area contributed by atoms with Crippen molar-refractivity contribution in [1.29, 1.82) is 0 Å². The summed E-state index contributed by atoms with van der Waals surface area (Å²) in [6.07, 6.45) is 12.5. The van der Waals surface area contributed by atoms with Crippen LogP contribution in [-0.2, 0) is 16.1 Å². The van der Waals surface area contributed by atoms with Gasteiger partial charge in [0, 0.05) is 25.1 Å². The first-order valence-corrected chi connectivity index (χ1v) is 13.1. The molecule has 6 aliphatic rings. The average Bonchev–Trinajstić information content (AvgIpc) is 3.48. The number of hydrogen-bond donors (Lipinski definition) is 0. The van der Waals surface area contributed by atoms with Crippen LogP contribution in [0.25, 0.3) is 0 Å². The molecule has 164 valence electrons. The van der Waals surface area contributed by atoms with E-state index >= 15 is 0 Å². The van der Waals surface area contributed by atoms with Crippen molar-refractivity contribution in [2.75, 3.05) is 30.3 Å². The molecule has 6 nitrogen and oxygen atoms in total. The molecule has 2 saturated heterocycles. The number of thioether (sulfide) groups is 1. The first-order chi connectivity index (χ1) is 14.7. The summed E-state index contributed by atoms with van der Waals surface area (Å²) >= 11 is 1.62. The highest BCUT2D eigenvalue weighted by Crippen LogP contribution is 2.60. The summed E-state index contributed by atoms with van der Waals surface area (Å²) in [5, 5.41) is 10.0. The number of rotatable bonds is 7. The van der Waals surface area contributed by atoms with Crippen LogP contribution in [0.1, 0.15) is 64.2 Å². The molecule has 1 unspecified atom stereocenters. The topological polar surface area (TPSA) is 60.2 Å². The van der Waals surface area contributed by atoms with Crippen LogP contribution in [-0.4, -0.2) is 52.1 Å². The van der Waals surface area contributed by atoms with Crippen LogP contribution >= 0.6 is 11.8 Å². The number of hydrogen-bond acceptors (Lipinski definition) is 6. The van der Waals surface area contributed by atoms with Gasteiger partial charge in [-0.3, -0.25) is 9.36 Å². The lowest BCUT2D eigenvalue weighted by Gasteiger charge is -2.56. The maximum atomic E-state index is 13.5. The third-order valence-corrected chi connectivity index (χ3v) is 9.43. The lowest BCUT2D eigenvalue weighted by atomic mass is 9.48. The molecule has 1 aromatic rings. The van der Waals surface area contributed by atoms with Crippen molar-refractivity contribution in [3.8, 4) is 0 Å². The molecule has 1 atom stereocenters. The first-order valence-electron chi connectivity index (χ1n) is 12.1. The number of ketones is 1. The predicted molar refractivity (Wildman–Crippen MR) is 117 cm³/mol. The van der Waals surface area contributed by atoms with E-state index in [0.29, 0.717) is 11.5 Å². The molecule has 0 N–H and O–H groups in total. The monoisotopic (exact) mass is 430 g/mol. The van der Waals surface area contributed by atoms with E-state index in [0.717, 1.165) is 87.2 Å². The summed E-state index contributed by atoms with van der Waals surface area (Å²) in [5.74, 6) is 4.46. The molecule has 7 heteroatoms. The molecule has 3 heterocycles. The van der Waals surface area contributed by atoms with E-state index in [1.165, 1.54) is 32.1 Å². The van der Waals surface area contributed by atoms with Crippen LogP contribution in [0, 0.1) is 23.2 Å². The summed E-state index contributed by atoms with van der Waals surface area (Å²) in [5.41, 5.74) is -0.0149. The molecule has 0 radical (unpaired) electrons. The lowest BCUT2D eigenvalue weighted by molar-refractivity contribution is -0.141. The summed E-state index contributed by atoms with van der Waals surface area (Å²) in [7, 11) is 0. The summed E-state index contributed by atoms with van der Waals surface area (Å²) < 4.78 is 8.17. The van der Waals surface area contributed by atoms with Gasteiger partial charge in [0.1, 0.15) is 5.78 Å². The lowest BCUT2D eigenvalue weighted by Crippen LogP contribution is -2.50. The molecule has 4 bridgehead atoms. The van der Waals surface area contributed by atoms with Gasteiger partial charge in [0.15, 0.2) is 5.16 Å². The Hall–Kier alpha value is -1.08. The molecule has 0 aromatic carbocycles. The Morgan fingerprint density at radius 2 is 1.73 bits per heavy atom. The fourth-order valence-electron chi connectivity index (χ4n) is 7.43. The second kappa shape index (κ2) is 7.80. The van der Waals surface area contributed by atoms with Crippen molar-refractivity contribution >= 4 is 23.5 Å². The van der Waals surface area contributed by atoms with Crippen LogP contribution < -0.4 is 4.90 Å². The van der Waals surface area contributed by atoms with E-state index in [2.05, 4.69) is 19.7 Å². The van der Waals surface area contributed by atoms with Crippen LogP contribution in [0.2, 0.25) is 0 Å². The standard InChI is InChI=1S/C23H34N4O2S/c28-20(23-11-16-8-17(12-23)10-18(9-16)13-23)15-30-22-25-24-21(26-5-1-2-6-26)27(22)14-19-4-3-7-29-19/h16-19H,1-15H2. The zero-order valence-corrected chi connectivity index (χ0v) is 18.7. The van der Waals surface area contributed by atoms with Gasteiger partial charge in [0.2, 0.25) is 5.95 Å². The van der Waals surface area contributed by atoms with Gasteiger partial charge >= 0.3 is 0 Å².